The minimum atomic E-state index is -0.450. The van der Waals surface area contributed by atoms with E-state index in [0.29, 0.717) is 12.5 Å². The predicted molar refractivity (Wildman–Crippen MR) is 79.1 cm³/mol. The summed E-state index contributed by atoms with van der Waals surface area (Å²) in [5.41, 5.74) is 0.361. The fraction of sp³-hybridized carbons (Fsp3) is 0.588. The van der Waals surface area contributed by atoms with E-state index < -0.39 is 5.82 Å². The zero-order chi connectivity index (χ0) is 14.6. The first-order chi connectivity index (χ1) is 9.52. The molecule has 1 fully saturated rings. The maximum Gasteiger partial charge on any atom is 0.254 e. The number of rotatable bonds is 5. The van der Waals surface area contributed by atoms with E-state index in [1.165, 1.54) is 37.8 Å². The summed E-state index contributed by atoms with van der Waals surface area (Å²) >= 11 is 0. The van der Waals surface area contributed by atoms with Gasteiger partial charge in [-0.3, -0.25) is 4.79 Å². The zero-order valence-electron chi connectivity index (χ0n) is 12.4. The van der Waals surface area contributed by atoms with Gasteiger partial charge in [-0.15, -0.1) is 0 Å². The summed E-state index contributed by atoms with van der Waals surface area (Å²) in [7, 11) is 0. The first-order valence-corrected chi connectivity index (χ1v) is 7.55. The molecular weight excluding hydrogens is 253 g/mol. The zero-order valence-corrected chi connectivity index (χ0v) is 12.4. The predicted octanol–water partition coefficient (Wildman–Crippen LogP) is 4.16. The number of amides is 1. The molecule has 110 valence electrons. The lowest BCUT2D eigenvalue weighted by Gasteiger charge is -2.31. The molecule has 0 spiro atoms. The van der Waals surface area contributed by atoms with Gasteiger partial charge in [-0.1, -0.05) is 38.8 Å². The van der Waals surface area contributed by atoms with Crippen LogP contribution in [0.4, 0.5) is 4.39 Å². The lowest BCUT2D eigenvalue weighted by Crippen LogP contribution is -2.37. The monoisotopic (exact) mass is 277 g/mol. The van der Waals surface area contributed by atoms with Gasteiger partial charge in [-0.05, 0) is 42.7 Å². The number of hydrogen-bond donors (Lipinski definition) is 1. The highest BCUT2D eigenvalue weighted by Crippen LogP contribution is 2.42. The Bertz CT molecular complexity index is 464. The van der Waals surface area contributed by atoms with Crippen LogP contribution >= 0.6 is 0 Å². The summed E-state index contributed by atoms with van der Waals surface area (Å²) < 4.78 is 13.6. The van der Waals surface area contributed by atoms with E-state index >= 15 is 0 Å². The first-order valence-electron chi connectivity index (χ1n) is 7.55. The Kier molecular flexibility index (Phi) is 4.79. The van der Waals surface area contributed by atoms with Crippen LogP contribution in [0, 0.1) is 17.2 Å². The molecule has 1 N–H and O–H groups in total. The summed E-state index contributed by atoms with van der Waals surface area (Å²) in [5, 5.41) is 2.95. The van der Waals surface area contributed by atoms with Crippen molar-refractivity contribution in [2.45, 2.75) is 46.0 Å². The van der Waals surface area contributed by atoms with Crippen molar-refractivity contribution in [2.24, 2.45) is 11.3 Å². The number of halogens is 1. The topological polar surface area (TPSA) is 29.1 Å². The van der Waals surface area contributed by atoms with E-state index in [9.17, 15) is 9.18 Å². The number of hydrogen-bond acceptors (Lipinski definition) is 1. The Morgan fingerprint density at radius 3 is 2.55 bits per heavy atom. The average molecular weight is 277 g/mol. The van der Waals surface area contributed by atoms with Gasteiger partial charge in [0, 0.05) is 6.54 Å². The number of carbonyl (C=O) groups is 1. The number of benzene rings is 1. The third kappa shape index (κ3) is 3.59. The van der Waals surface area contributed by atoms with E-state index in [2.05, 4.69) is 19.2 Å². The van der Waals surface area contributed by atoms with Crippen molar-refractivity contribution >= 4 is 5.91 Å². The van der Waals surface area contributed by atoms with E-state index in [1.807, 2.05) is 0 Å². The highest BCUT2D eigenvalue weighted by Gasteiger charge is 2.34. The van der Waals surface area contributed by atoms with Crippen LogP contribution in [0.3, 0.4) is 0 Å². The van der Waals surface area contributed by atoms with E-state index in [0.717, 1.165) is 6.42 Å². The van der Waals surface area contributed by atoms with Gasteiger partial charge in [0.1, 0.15) is 5.82 Å². The van der Waals surface area contributed by atoms with Gasteiger partial charge < -0.3 is 5.32 Å². The molecule has 1 aromatic carbocycles. The van der Waals surface area contributed by atoms with Crippen molar-refractivity contribution in [1.82, 2.24) is 5.32 Å². The van der Waals surface area contributed by atoms with Crippen molar-refractivity contribution in [1.29, 1.82) is 0 Å². The first kappa shape index (κ1) is 15.0. The molecule has 1 aromatic rings. The molecule has 0 aromatic heterocycles. The molecule has 20 heavy (non-hydrogen) atoms. The van der Waals surface area contributed by atoms with Crippen LogP contribution < -0.4 is 5.32 Å². The van der Waals surface area contributed by atoms with Crippen molar-refractivity contribution in [3.8, 4) is 0 Å². The molecule has 0 aliphatic heterocycles. The van der Waals surface area contributed by atoms with Crippen molar-refractivity contribution in [2.75, 3.05) is 6.54 Å². The molecule has 0 saturated heterocycles. The maximum atomic E-state index is 13.6. The second kappa shape index (κ2) is 6.38. The molecule has 1 aliphatic rings. The van der Waals surface area contributed by atoms with Gasteiger partial charge in [0.05, 0.1) is 5.56 Å². The molecule has 1 amide bonds. The minimum absolute atomic E-state index is 0.144. The maximum absolute atomic E-state index is 13.6. The molecule has 1 saturated carbocycles. The Balaban J connectivity index is 1.99. The third-order valence-electron chi connectivity index (χ3n) is 4.25. The van der Waals surface area contributed by atoms with Crippen LogP contribution in [-0.4, -0.2) is 12.5 Å². The van der Waals surface area contributed by atoms with Crippen molar-refractivity contribution < 1.29 is 9.18 Å². The quantitative estimate of drug-likeness (QED) is 0.860. The van der Waals surface area contributed by atoms with E-state index in [1.54, 1.807) is 12.1 Å². The van der Waals surface area contributed by atoms with E-state index in [4.69, 9.17) is 0 Å². The molecule has 0 heterocycles. The normalized spacial score (nSPS) is 17.4. The second-order valence-electron chi connectivity index (χ2n) is 6.47. The van der Waals surface area contributed by atoms with Gasteiger partial charge in [0.15, 0.2) is 0 Å². The molecule has 2 rings (SSSR count). The van der Waals surface area contributed by atoms with Gasteiger partial charge in [-0.2, -0.15) is 0 Å². The molecule has 1 aliphatic carbocycles. The van der Waals surface area contributed by atoms with Crippen LogP contribution in [0.2, 0.25) is 0 Å². The molecule has 0 unspecified atom stereocenters. The smallest absolute Gasteiger partial charge is 0.254 e. The van der Waals surface area contributed by atoms with Crippen LogP contribution in [0.25, 0.3) is 0 Å². The average Bonchev–Trinajstić information content (AvgIpc) is 2.84. The Morgan fingerprint density at radius 2 is 1.95 bits per heavy atom. The van der Waals surface area contributed by atoms with Gasteiger partial charge in [-0.25, -0.2) is 4.39 Å². The lowest BCUT2D eigenvalue weighted by atomic mass is 9.78. The molecule has 3 heteroatoms. The van der Waals surface area contributed by atoms with Crippen LogP contribution in [0.1, 0.15) is 56.3 Å². The van der Waals surface area contributed by atoms with Gasteiger partial charge in [0.25, 0.3) is 5.91 Å². The Morgan fingerprint density at radius 1 is 1.30 bits per heavy atom. The summed E-state index contributed by atoms with van der Waals surface area (Å²) in [6.07, 6.45) is 5.95. The van der Waals surface area contributed by atoms with Gasteiger partial charge >= 0.3 is 0 Å². The Hall–Kier alpha value is -1.38. The number of carbonyl (C=O) groups excluding carboxylic acids is 1. The van der Waals surface area contributed by atoms with Crippen LogP contribution in [0.5, 0.6) is 0 Å². The molecular formula is C17H24FNO. The molecule has 0 radical (unpaired) electrons. The molecule has 2 nitrogen and oxygen atoms in total. The standard InChI is InChI=1S/C17H24FNO/c1-13(2)11-17(9-5-6-10-17)12-19-16(20)14-7-3-4-8-15(14)18/h3-4,7-8,13H,5-6,9-12H2,1-2H3,(H,19,20). The highest BCUT2D eigenvalue weighted by atomic mass is 19.1. The lowest BCUT2D eigenvalue weighted by molar-refractivity contribution is 0.0918. The fourth-order valence-corrected chi connectivity index (χ4v) is 3.45. The number of nitrogens with one attached hydrogen (secondary N) is 1. The summed E-state index contributed by atoms with van der Waals surface area (Å²) in [6.45, 7) is 5.11. The summed E-state index contributed by atoms with van der Waals surface area (Å²) in [6, 6.07) is 6.16. The SMILES string of the molecule is CC(C)CC1(CNC(=O)c2ccccc2F)CCCC1. The highest BCUT2D eigenvalue weighted by molar-refractivity contribution is 5.94. The molecule has 0 atom stereocenters. The minimum Gasteiger partial charge on any atom is -0.351 e. The van der Waals surface area contributed by atoms with E-state index in [-0.39, 0.29) is 16.9 Å². The fourth-order valence-electron chi connectivity index (χ4n) is 3.45. The third-order valence-corrected chi connectivity index (χ3v) is 4.25. The largest absolute Gasteiger partial charge is 0.351 e. The summed E-state index contributed by atoms with van der Waals surface area (Å²) in [5.74, 6) is -0.120. The molecule has 0 bridgehead atoms. The van der Waals surface area contributed by atoms with Crippen LogP contribution in [-0.2, 0) is 0 Å². The second-order valence-corrected chi connectivity index (χ2v) is 6.47. The summed E-state index contributed by atoms with van der Waals surface area (Å²) in [4.78, 5) is 12.1. The Labute approximate surface area is 120 Å². The van der Waals surface area contributed by atoms with Gasteiger partial charge in [0.2, 0.25) is 0 Å². The van der Waals surface area contributed by atoms with Crippen LogP contribution in [0.15, 0.2) is 24.3 Å². The van der Waals surface area contributed by atoms with Crippen molar-refractivity contribution in [3.63, 3.8) is 0 Å². The van der Waals surface area contributed by atoms with Crippen molar-refractivity contribution in [3.05, 3.63) is 35.6 Å².